The summed E-state index contributed by atoms with van der Waals surface area (Å²) >= 11 is 0. The third-order valence-corrected chi connectivity index (χ3v) is 3.87. The van der Waals surface area contributed by atoms with Crippen molar-refractivity contribution in [1.82, 2.24) is 0 Å². The first-order chi connectivity index (χ1) is 10.7. The normalized spacial score (nSPS) is 14.9. The Morgan fingerprint density at radius 2 is 1.73 bits per heavy atom. The molecule has 1 aliphatic carbocycles. The first-order valence-electron chi connectivity index (χ1n) is 7.74. The summed E-state index contributed by atoms with van der Waals surface area (Å²) in [5, 5.41) is 14.0. The van der Waals surface area contributed by atoms with Crippen LogP contribution < -0.4 is 10.6 Å². The molecule has 22 heavy (non-hydrogen) atoms. The van der Waals surface area contributed by atoms with Gasteiger partial charge in [0.15, 0.2) is 0 Å². The van der Waals surface area contributed by atoms with Gasteiger partial charge in [-0.05, 0) is 37.0 Å². The van der Waals surface area contributed by atoms with Gasteiger partial charge in [0.2, 0.25) is 11.8 Å². The highest BCUT2D eigenvalue weighted by atomic mass is 16.2. The number of nitrogens with one attached hydrogen (secondary N) is 2. The van der Waals surface area contributed by atoms with E-state index in [1.807, 2.05) is 0 Å². The lowest BCUT2D eigenvalue weighted by Crippen LogP contribution is -2.18. The number of amides is 2. The molecule has 116 valence electrons. The molecule has 2 rings (SSSR count). The van der Waals surface area contributed by atoms with Crippen molar-refractivity contribution in [2.75, 3.05) is 10.6 Å². The highest BCUT2D eigenvalue weighted by Crippen LogP contribution is 2.26. The van der Waals surface area contributed by atoms with E-state index in [1.54, 1.807) is 30.3 Å². The van der Waals surface area contributed by atoms with Crippen molar-refractivity contribution in [3.05, 3.63) is 24.3 Å². The van der Waals surface area contributed by atoms with Crippen LogP contribution in [-0.2, 0) is 9.59 Å². The van der Waals surface area contributed by atoms with Crippen LogP contribution in [0.1, 0.15) is 44.9 Å². The summed E-state index contributed by atoms with van der Waals surface area (Å²) in [5.41, 5.74) is 1.24. The van der Waals surface area contributed by atoms with Gasteiger partial charge in [-0.2, -0.15) is 5.26 Å². The average molecular weight is 299 g/mol. The molecule has 1 aromatic carbocycles. The molecule has 2 amide bonds. The second kappa shape index (κ2) is 8.18. The van der Waals surface area contributed by atoms with E-state index in [1.165, 1.54) is 19.3 Å². The zero-order valence-corrected chi connectivity index (χ0v) is 12.6. The minimum absolute atomic E-state index is 0.0207. The lowest BCUT2D eigenvalue weighted by molar-refractivity contribution is -0.117. The Morgan fingerprint density at radius 3 is 2.36 bits per heavy atom. The maximum Gasteiger partial charge on any atom is 0.238 e. The predicted octanol–water partition coefficient (Wildman–Crippen LogP) is 3.45. The minimum atomic E-state index is -0.354. The monoisotopic (exact) mass is 299 g/mol. The number of hydrogen-bond acceptors (Lipinski definition) is 3. The van der Waals surface area contributed by atoms with Crippen molar-refractivity contribution < 1.29 is 9.59 Å². The molecule has 1 saturated carbocycles. The number of carbonyl (C=O) groups is 2. The SMILES string of the molecule is N#CCC(=O)Nc1cccc(NC(=O)CC2CCCCC2)c1. The topological polar surface area (TPSA) is 82.0 Å². The highest BCUT2D eigenvalue weighted by molar-refractivity contribution is 5.94. The van der Waals surface area contributed by atoms with Crippen LogP contribution in [0, 0.1) is 17.2 Å². The van der Waals surface area contributed by atoms with Crippen molar-refractivity contribution in [2.45, 2.75) is 44.9 Å². The molecule has 2 N–H and O–H groups in total. The first kappa shape index (κ1) is 16.0. The van der Waals surface area contributed by atoms with Gasteiger partial charge in [0, 0.05) is 17.8 Å². The number of nitrogens with zero attached hydrogens (tertiary/aromatic N) is 1. The number of rotatable bonds is 5. The van der Waals surface area contributed by atoms with Gasteiger partial charge in [-0.25, -0.2) is 0 Å². The van der Waals surface area contributed by atoms with Crippen molar-refractivity contribution in [3.8, 4) is 6.07 Å². The minimum Gasteiger partial charge on any atom is -0.326 e. The summed E-state index contributed by atoms with van der Waals surface area (Å²) in [6.07, 6.45) is 6.37. The van der Waals surface area contributed by atoms with Crippen LogP contribution >= 0.6 is 0 Å². The van der Waals surface area contributed by atoms with E-state index in [0.717, 1.165) is 12.8 Å². The predicted molar refractivity (Wildman–Crippen MR) is 85.1 cm³/mol. The third-order valence-electron chi connectivity index (χ3n) is 3.87. The number of anilines is 2. The molecule has 0 saturated heterocycles. The zero-order valence-electron chi connectivity index (χ0n) is 12.6. The standard InChI is InChI=1S/C17H21N3O2/c18-10-9-16(21)19-14-7-4-8-15(12-14)20-17(22)11-13-5-2-1-3-6-13/h4,7-8,12-13H,1-3,5-6,9,11H2,(H,19,21)(H,20,22). The van der Waals surface area contributed by atoms with Gasteiger partial charge in [0.1, 0.15) is 6.42 Å². The molecule has 0 atom stereocenters. The summed E-state index contributed by atoms with van der Waals surface area (Å²) in [4.78, 5) is 23.5. The Labute approximate surface area is 130 Å². The second-order valence-electron chi connectivity index (χ2n) is 5.72. The Morgan fingerprint density at radius 1 is 1.09 bits per heavy atom. The van der Waals surface area contributed by atoms with Gasteiger partial charge in [-0.15, -0.1) is 0 Å². The number of benzene rings is 1. The number of hydrogen-bond donors (Lipinski definition) is 2. The molecule has 5 heteroatoms. The zero-order chi connectivity index (χ0) is 15.8. The Hall–Kier alpha value is -2.35. The van der Waals surface area contributed by atoms with Crippen LogP contribution in [-0.4, -0.2) is 11.8 Å². The fourth-order valence-electron chi connectivity index (χ4n) is 2.82. The Kier molecular flexibility index (Phi) is 5.96. The summed E-state index contributed by atoms with van der Waals surface area (Å²) in [7, 11) is 0. The van der Waals surface area contributed by atoms with E-state index >= 15 is 0 Å². The van der Waals surface area contributed by atoms with Gasteiger partial charge < -0.3 is 10.6 Å². The largest absolute Gasteiger partial charge is 0.326 e. The molecule has 5 nitrogen and oxygen atoms in total. The van der Waals surface area contributed by atoms with Crippen LogP contribution in [0.4, 0.5) is 11.4 Å². The van der Waals surface area contributed by atoms with Crippen LogP contribution in [0.5, 0.6) is 0 Å². The lowest BCUT2D eigenvalue weighted by Gasteiger charge is -2.20. The molecular formula is C17H21N3O2. The maximum absolute atomic E-state index is 12.1. The van der Waals surface area contributed by atoms with Crippen molar-refractivity contribution in [3.63, 3.8) is 0 Å². The van der Waals surface area contributed by atoms with Gasteiger partial charge in [-0.3, -0.25) is 9.59 Å². The summed E-state index contributed by atoms with van der Waals surface area (Å²) in [6.45, 7) is 0. The van der Waals surface area contributed by atoms with Gasteiger partial charge >= 0.3 is 0 Å². The van der Waals surface area contributed by atoms with Crippen LogP contribution in [0.3, 0.4) is 0 Å². The summed E-state index contributed by atoms with van der Waals surface area (Å²) < 4.78 is 0. The van der Waals surface area contributed by atoms with E-state index in [-0.39, 0.29) is 18.2 Å². The molecule has 0 unspecified atom stereocenters. The molecule has 0 aromatic heterocycles. The van der Waals surface area contributed by atoms with Gasteiger partial charge in [0.25, 0.3) is 0 Å². The van der Waals surface area contributed by atoms with Gasteiger partial charge in [0.05, 0.1) is 6.07 Å². The first-order valence-corrected chi connectivity index (χ1v) is 7.74. The average Bonchev–Trinajstić information content (AvgIpc) is 2.48. The van der Waals surface area contributed by atoms with E-state index in [0.29, 0.717) is 23.7 Å². The molecule has 0 aliphatic heterocycles. The smallest absolute Gasteiger partial charge is 0.238 e. The van der Waals surface area contributed by atoms with Gasteiger partial charge in [-0.1, -0.05) is 25.3 Å². The molecule has 0 heterocycles. The molecule has 0 spiro atoms. The fourth-order valence-corrected chi connectivity index (χ4v) is 2.82. The Balaban J connectivity index is 1.87. The molecule has 1 aliphatic rings. The second-order valence-corrected chi connectivity index (χ2v) is 5.72. The van der Waals surface area contributed by atoms with Crippen molar-refractivity contribution >= 4 is 23.2 Å². The molecule has 1 aromatic rings. The van der Waals surface area contributed by atoms with E-state index in [2.05, 4.69) is 10.6 Å². The summed E-state index contributed by atoms with van der Waals surface area (Å²) in [6, 6.07) is 8.78. The van der Waals surface area contributed by atoms with Crippen LogP contribution in [0.15, 0.2) is 24.3 Å². The van der Waals surface area contributed by atoms with E-state index < -0.39 is 0 Å². The molecular weight excluding hydrogens is 278 g/mol. The van der Waals surface area contributed by atoms with E-state index in [9.17, 15) is 9.59 Å². The number of nitriles is 1. The van der Waals surface area contributed by atoms with E-state index in [4.69, 9.17) is 5.26 Å². The quantitative estimate of drug-likeness (QED) is 0.873. The van der Waals surface area contributed by atoms with Crippen LogP contribution in [0.25, 0.3) is 0 Å². The fraction of sp³-hybridized carbons (Fsp3) is 0.471. The summed E-state index contributed by atoms with van der Waals surface area (Å²) in [5.74, 6) is 0.160. The molecule has 1 fully saturated rings. The highest BCUT2D eigenvalue weighted by Gasteiger charge is 2.17. The molecule has 0 bridgehead atoms. The lowest BCUT2D eigenvalue weighted by atomic mass is 9.87. The Bertz CT molecular complexity index is 572. The van der Waals surface area contributed by atoms with Crippen molar-refractivity contribution in [1.29, 1.82) is 5.26 Å². The maximum atomic E-state index is 12.1. The van der Waals surface area contributed by atoms with Crippen LogP contribution in [0.2, 0.25) is 0 Å². The van der Waals surface area contributed by atoms with Crippen molar-refractivity contribution in [2.24, 2.45) is 5.92 Å². The molecule has 0 radical (unpaired) electrons. The number of carbonyl (C=O) groups excluding carboxylic acids is 2. The third kappa shape index (κ3) is 5.21.